The average Bonchev–Trinajstić information content (AvgIpc) is 2.81. The van der Waals surface area contributed by atoms with Gasteiger partial charge in [-0.2, -0.15) is 0 Å². The zero-order valence-corrected chi connectivity index (χ0v) is 12.7. The fraction of sp³-hybridized carbons (Fsp3) is 0.562. The number of carbonyl (C=O) groups excluding carboxylic acids is 1. The summed E-state index contributed by atoms with van der Waals surface area (Å²) in [5, 5.41) is 0. The molecular formula is C16H24N4O. The fourth-order valence-electron chi connectivity index (χ4n) is 3.03. The Morgan fingerprint density at radius 3 is 2.38 bits per heavy atom. The number of amides is 1. The van der Waals surface area contributed by atoms with Crippen LogP contribution in [0.1, 0.15) is 12.0 Å². The minimum Gasteiger partial charge on any atom is -0.326 e. The molecule has 0 radical (unpaired) electrons. The summed E-state index contributed by atoms with van der Waals surface area (Å²) in [7, 11) is 2.17. The Hall–Kier alpha value is -1.43. The molecule has 2 aliphatic heterocycles. The van der Waals surface area contributed by atoms with E-state index in [0.29, 0.717) is 13.0 Å². The lowest BCUT2D eigenvalue weighted by molar-refractivity contribution is -0.117. The number of nitrogens with two attached hydrogens (primary N) is 1. The van der Waals surface area contributed by atoms with Crippen LogP contribution in [0.4, 0.5) is 5.69 Å². The summed E-state index contributed by atoms with van der Waals surface area (Å²) in [5.74, 6) is 0.134. The molecule has 0 saturated carbocycles. The third-order valence-corrected chi connectivity index (χ3v) is 4.41. The Morgan fingerprint density at radius 1 is 1.14 bits per heavy atom. The van der Waals surface area contributed by atoms with Crippen molar-refractivity contribution in [1.29, 1.82) is 0 Å². The van der Waals surface area contributed by atoms with Crippen molar-refractivity contribution in [2.45, 2.75) is 19.0 Å². The van der Waals surface area contributed by atoms with E-state index in [0.717, 1.165) is 38.4 Å². The molecule has 0 unspecified atom stereocenters. The molecular weight excluding hydrogens is 264 g/mol. The van der Waals surface area contributed by atoms with Crippen molar-refractivity contribution in [3.63, 3.8) is 0 Å². The van der Waals surface area contributed by atoms with E-state index in [1.54, 1.807) is 4.90 Å². The van der Waals surface area contributed by atoms with Crippen molar-refractivity contribution in [3.05, 3.63) is 29.8 Å². The van der Waals surface area contributed by atoms with Gasteiger partial charge in [-0.15, -0.1) is 0 Å². The Balaban J connectivity index is 1.60. The van der Waals surface area contributed by atoms with Crippen LogP contribution in [0.15, 0.2) is 24.3 Å². The van der Waals surface area contributed by atoms with Crippen molar-refractivity contribution >= 4 is 11.6 Å². The van der Waals surface area contributed by atoms with Gasteiger partial charge in [0.25, 0.3) is 0 Å². The summed E-state index contributed by atoms with van der Waals surface area (Å²) in [4.78, 5) is 18.5. The molecule has 0 aromatic heterocycles. The molecule has 2 saturated heterocycles. The highest BCUT2D eigenvalue weighted by molar-refractivity contribution is 5.96. The minimum atomic E-state index is -0.0254. The van der Waals surface area contributed by atoms with Crippen molar-refractivity contribution in [2.24, 2.45) is 5.73 Å². The number of likely N-dealkylation sites (N-methyl/N-ethyl adjacent to an activating group) is 1. The Morgan fingerprint density at radius 2 is 1.81 bits per heavy atom. The number of piperazine rings is 1. The zero-order valence-electron chi connectivity index (χ0n) is 12.7. The molecule has 2 fully saturated rings. The van der Waals surface area contributed by atoms with E-state index in [-0.39, 0.29) is 11.9 Å². The summed E-state index contributed by atoms with van der Waals surface area (Å²) in [6.45, 7) is 6.14. The van der Waals surface area contributed by atoms with E-state index < -0.39 is 0 Å². The first-order valence-corrected chi connectivity index (χ1v) is 7.67. The first-order chi connectivity index (χ1) is 10.1. The van der Waals surface area contributed by atoms with Gasteiger partial charge in [0.05, 0.1) is 0 Å². The molecule has 2 aliphatic rings. The van der Waals surface area contributed by atoms with Gasteiger partial charge < -0.3 is 15.5 Å². The number of nitrogens with zero attached hydrogens (tertiary/aromatic N) is 3. The quantitative estimate of drug-likeness (QED) is 0.880. The Kier molecular flexibility index (Phi) is 4.24. The van der Waals surface area contributed by atoms with Crippen LogP contribution in [-0.4, -0.2) is 61.5 Å². The van der Waals surface area contributed by atoms with Crippen molar-refractivity contribution < 1.29 is 4.79 Å². The third kappa shape index (κ3) is 3.43. The summed E-state index contributed by atoms with van der Waals surface area (Å²) < 4.78 is 0. The van der Waals surface area contributed by atoms with Gasteiger partial charge >= 0.3 is 0 Å². The predicted molar refractivity (Wildman–Crippen MR) is 84.2 cm³/mol. The maximum atomic E-state index is 11.9. The third-order valence-electron chi connectivity index (χ3n) is 4.41. The maximum absolute atomic E-state index is 11.9. The first kappa shape index (κ1) is 14.5. The van der Waals surface area contributed by atoms with E-state index in [4.69, 9.17) is 5.73 Å². The van der Waals surface area contributed by atoms with Crippen LogP contribution in [0.2, 0.25) is 0 Å². The summed E-state index contributed by atoms with van der Waals surface area (Å²) in [6, 6.07) is 8.32. The van der Waals surface area contributed by atoms with E-state index in [1.165, 1.54) is 5.56 Å². The van der Waals surface area contributed by atoms with Crippen LogP contribution >= 0.6 is 0 Å². The lowest BCUT2D eigenvalue weighted by Gasteiger charge is -2.32. The van der Waals surface area contributed by atoms with Gasteiger partial charge in [0.1, 0.15) is 0 Å². The topological polar surface area (TPSA) is 52.8 Å². The van der Waals surface area contributed by atoms with Gasteiger partial charge in [0.2, 0.25) is 5.91 Å². The smallest absolute Gasteiger partial charge is 0.228 e. The second-order valence-electron chi connectivity index (χ2n) is 6.21. The van der Waals surface area contributed by atoms with E-state index in [2.05, 4.69) is 29.0 Å². The molecule has 5 heteroatoms. The molecule has 1 amide bonds. The molecule has 1 atom stereocenters. The van der Waals surface area contributed by atoms with Crippen molar-refractivity contribution in [3.8, 4) is 0 Å². The zero-order chi connectivity index (χ0) is 14.8. The second-order valence-corrected chi connectivity index (χ2v) is 6.21. The largest absolute Gasteiger partial charge is 0.326 e. The van der Waals surface area contributed by atoms with Crippen LogP contribution < -0.4 is 10.6 Å². The van der Waals surface area contributed by atoms with Crippen LogP contribution in [-0.2, 0) is 11.3 Å². The molecule has 0 bridgehead atoms. The van der Waals surface area contributed by atoms with Crippen LogP contribution in [0.25, 0.3) is 0 Å². The maximum Gasteiger partial charge on any atom is 0.228 e. The van der Waals surface area contributed by atoms with Gasteiger partial charge in [-0.3, -0.25) is 9.69 Å². The molecule has 3 rings (SSSR count). The van der Waals surface area contributed by atoms with E-state index in [9.17, 15) is 4.79 Å². The van der Waals surface area contributed by atoms with Gasteiger partial charge in [-0.05, 0) is 24.7 Å². The minimum absolute atomic E-state index is 0.0254. The van der Waals surface area contributed by atoms with Crippen molar-refractivity contribution in [2.75, 3.05) is 44.7 Å². The summed E-state index contributed by atoms with van der Waals surface area (Å²) in [5.41, 5.74) is 8.12. The normalized spacial score (nSPS) is 24.8. The Bertz CT molecular complexity index is 494. The second kappa shape index (κ2) is 6.13. The molecule has 1 aromatic rings. The molecule has 21 heavy (non-hydrogen) atoms. The standard InChI is InChI=1S/C16H24N4O/c1-18-6-8-19(9-7-18)11-13-2-4-15(5-3-13)20-12-14(17)10-16(20)21/h2-5,14H,6-12,17H2,1H3/t14-/m0/s1. The fourth-order valence-corrected chi connectivity index (χ4v) is 3.03. The monoisotopic (exact) mass is 288 g/mol. The summed E-state index contributed by atoms with van der Waals surface area (Å²) >= 11 is 0. The number of hydrogen-bond acceptors (Lipinski definition) is 4. The van der Waals surface area contributed by atoms with Gasteiger partial charge in [-0.25, -0.2) is 0 Å². The number of carbonyl (C=O) groups is 1. The number of anilines is 1. The van der Waals surface area contributed by atoms with Gasteiger partial charge in [0, 0.05) is 57.4 Å². The average molecular weight is 288 g/mol. The Labute approximate surface area is 126 Å². The number of hydrogen-bond donors (Lipinski definition) is 1. The van der Waals surface area contributed by atoms with Crippen LogP contribution in [0, 0.1) is 0 Å². The number of benzene rings is 1. The molecule has 5 nitrogen and oxygen atoms in total. The van der Waals surface area contributed by atoms with Gasteiger partial charge in [-0.1, -0.05) is 12.1 Å². The van der Waals surface area contributed by atoms with Gasteiger partial charge in [0.15, 0.2) is 0 Å². The molecule has 2 N–H and O–H groups in total. The van der Waals surface area contributed by atoms with Crippen molar-refractivity contribution in [1.82, 2.24) is 9.80 Å². The van der Waals surface area contributed by atoms with E-state index >= 15 is 0 Å². The molecule has 114 valence electrons. The first-order valence-electron chi connectivity index (χ1n) is 7.67. The highest BCUT2D eigenvalue weighted by atomic mass is 16.2. The molecule has 0 spiro atoms. The lowest BCUT2D eigenvalue weighted by Crippen LogP contribution is -2.43. The van der Waals surface area contributed by atoms with Crippen LogP contribution in [0.5, 0.6) is 0 Å². The molecule has 1 aromatic carbocycles. The highest BCUT2D eigenvalue weighted by Gasteiger charge is 2.27. The summed E-state index contributed by atoms with van der Waals surface area (Å²) in [6.07, 6.45) is 0.461. The lowest BCUT2D eigenvalue weighted by atomic mass is 10.1. The van der Waals surface area contributed by atoms with Crippen LogP contribution in [0.3, 0.4) is 0 Å². The number of rotatable bonds is 3. The molecule has 0 aliphatic carbocycles. The predicted octanol–water partition coefficient (Wildman–Crippen LogP) is 0.498. The van der Waals surface area contributed by atoms with E-state index in [1.807, 2.05) is 12.1 Å². The highest BCUT2D eigenvalue weighted by Crippen LogP contribution is 2.21. The SMILES string of the molecule is CN1CCN(Cc2ccc(N3C[C@@H](N)CC3=O)cc2)CC1. The molecule has 2 heterocycles.